The molecule has 2 aromatic carbocycles. The molecule has 23 heavy (non-hydrogen) atoms. The molecule has 3 aromatic rings. The number of nitrogens with one attached hydrogen (secondary N) is 1. The fraction of sp³-hybridized carbons (Fsp3) is 0.158. The van der Waals surface area contributed by atoms with Crippen LogP contribution in [0.15, 0.2) is 60.9 Å². The van der Waals surface area contributed by atoms with Gasteiger partial charge in [-0.05, 0) is 36.6 Å². The molecule has 0 spiro atoms. The molecule has 4 nitrogen and oxygen atoms in total. The number of allylic oxidation sites excluding steroid dienone is 1. The molecule has 0 aliphatic carbocycles. The summed E-state index contributed by atoms with van der Waals surface area (Å²) in [4.78, 5) is 4.36. The van der Waals surface area contributed by atoms with Crippen LogP contribution in [-0.4, -0.2) is 14.8 Å². The number of nitrogens with zero attached hydrogens (tertiary/aromatic N) is 3. The van der Waals surface area contributed by atoms with Crippen molar-refractivity contribution in [2.24, 2.45) is 0 Å². The largest absolute Gasteiger partial charge is 0.324 e. The number of benzene rings is 2. The zero-order valence-electron chi connectivity index (χ0n) is 13.2. The maximum Gasteiger partial charge on any atom is 0.226 e. The molecule has 0 unspecified atom stereocenters. The third-order valence-corrected chi connectivity index (χ3v) is 4.25. The standard InChI is InChI=1S/C19H18N4/c1-13-8-9-14(2)16(10-13)18-11-17(15-6-4-3-5-7-15)22-19-20-12-21-23(18)19/h3-12,18H,1-2H3,(H,20,21,22)/t18-/m0/s1. The maximum absolute atomic E-state index is 4.41. The van der Waals surface area contributed by atoms with E-state index < -0.39 is 0 Å². The summed E-state index contributed by atoms with van der Waals surface area (Å²) in [6.07, 6.45) is 3.82. The summed E-state index contributed by atoms with van der Waals surface area (Å²) in [5.41, 5.74) is 5.98. The summed E-state index contributed by atoms with van der Waals surface area (Å²) in [5.74, 6) is 0.775. The number of rotatable bonds is 2. The van der Waals surface area contributed by atoms with Gasteiger partial charge in [-0.3, -0.25) is 0 Å². The maximum atomic E-state index is 4.41. The predicted octanol–water partition coefficient (Wildman–Crippen LogP) is 3.95. The molecule has 0 amide bonds. The molecule has 2 heterocycles. The molecule has 0 saturated heterocycles. The van der Waals surface area contributed by atoms with Crippen LogP contribution < -0.4 is 5.32 Å². The molecule has 0 bridgehead atoms. The Morgan fingerprint density at radius 1 is 1.04 bits per heavy atom. The van der Waals surface area contributed by atoms with Crippen LogP contribution in [-0.2, 0) is 0 Å². The van der Waals surface area contributed by atoms with Gasteiger partial charge in [-0.25, -0.2) is 4.68 Å². The highest BCUT2D eigenvalue weighted by Gasteiger charge is 2.24. The van der Waals surface area contributed by atoms with Crippen molar-refractivity contribution in [2.45, 2.75) is 19.9 Å². The molecule has 4 rings (SSSR count). The van der Waals surface area contributed by atoms with E-state index in [4.69, 9.17) is 0 Å². The van der Waals surface area contributed by atoms with E-state index >= 15 is 0 Å². The lowest BCUT2D eigenvalue weighted by Crippen LogP contribution is -2.21. The van der Waals surface area contributed by atoms with Gasteiger partial charge in [-0.15, -0.1) is 0 Å². The van der Waals surface area contributed by atoms with Crippen LogP contribution >= 0.6 is 0 Å². The summed E-state index contributed by atoms with van der Waals surface area (Å²) in [7, 11) is 0. The smallest absolute Gasteiger partial charge is 0.226 e. The van der Waals surface area contributed by atoms with Gasteiger partial charge >= 0.3 is 0 Å². The lowest BCUT2D eigenvalue weighted by molar-refractivity contribution is 0.609. The summed E-state index contributed by atoms with van der Waals surface area (Å²) < 4.78 is 1.94. The lowest BCUT2D eigenvalue weighted by atomic mass is 9.96. The van der Waals surface area contributed by atoms with Crippen molar-refractivity contribution in [3.05, 3.63) is 83.2 Å². The molecular formula is C19H18N4. The minimum atomic E-state index is 0.0452. The highest BCUT2D eigenvalue weighted by atomic mass is 15.4. The Kier molecular flexibility index (Phi) is 3.23. The van der Waals surface area contributed by atoms with E-state index in [1.807, 2.05) is 22.9 Å². The molecule has 4 heteroatoms. The minimum Gasteiger partial charge on any atom is -0.324 e. The van der Waals surface area contributed by atoms with E-state index in [1.165, 1.54) is 16.7 Å². The van der Waals surface area contributed by atoms with Crippen LogP contribution in [0.2, 0.25) is 0 Å². The zero-order chi connectivity index (χ0) is 15.8. The molecule has 0 radical (unpaired) electrons. The minimum absolute atomic E-state index is 0.0452. The molecule has 1 N–H and O–H groups in total. The molecule has 1 aliphatic heterocycles. The summed E-state index contributed by atoms with van der Waals surface area (Å²) in [5, 5.41) is 7.79. The van der Waals surface area contributed by atoms with Gasteiger partial charge in [0.2, 0.25) is 5.95 Å². The van der Waals surface area contributed by atoms with E-state index in [0.717, 1.165) is 17.2 Å². The van der Waals surface area contributed by atoms with Crippen LogP contribution in [0.4, 0.5) is 5.95 Å². The zero-order valence-corrected chi connectivity index (χ0v) is 13.2. The quantitative estimate of drug-likeness (QED) is 0.779. The van der Waals surface area contributed by atoms with Gasteiger partial charge in [0.15, 0.2) is 0 Å². The Balaban J connectivity index is 1.87. The molecule has 1 aliphatic rings. The second-order valence-electron chi connectivity index (χ2n) is 5.90. The fourth-order valence-electron chi connectivity index (χ4n) is 3.02. The molecule has 1 atom stereocenters. The molecule has 1 aromatic heterocycles. The van der Waals surface area contributed by atoms with Crippen LogP contribution in [0.1, 0.15) is 28.3 Å². The first kappa shape index (κ1) is 13.8. The van der Waals surface area contributed by atoms with E-state index in [2.05, 4.69) is 65.7 Å². The van der Waals surface area contributed by atoms with Gasteiger partial charge in [0.1, 0.15) is 12.4 Å². The molecule has 0 saturated carbocycles. The predicted molar refractivity (Wildman–Crippen MR) is 92.1 cm³/mol. The third-order valence-electron chi connectivity index (χ3n) is 4.25. The third kappa shape index (κ3) is 2.42. The van der Waals surface area contributed by atoms with Gasteiger partial charge in [0.25, 0.3) is 0 Å². The second-order valence-corrected chi connectivity index (χ2v) is 5.90. The highest BCUT2D eigenvalue weighted by molar-refractivity contribution is 5.77. The van der Waals surface area contributed by atoms with Gasteiger partial charge in [0, 0.05) is 5.70 Å². The number of aromatic nitrogens is 3. The summed E-state index contributed by atoms with van der Waals surface area (Å²) in [6, 6.07) is 16.9. The van der Waals surface area contributed by atoms with Crippen LogP contribution in [0.25, 0.3) is 5.70 Å². The average Bonchev–Trinajstić information content (AvgIpc) is 3.05. The number of hydrogen-bond donors (Lipinski definition) is 1. The number of anilines is 1. The summed E-state index contributed by atoms with van der Waals surface area (Å²) >= 11 is 0. The van der Waals surface area contributed by atoms with Crippen LogP contribution in [0.5, 0.6) is 0 Å². The highest BCUT2D eigenvalue weighted by Crippen LogP contribution is 2.33. The summed E-state index contributed by atoms with van der Waals surface area (Å²) in [6.45, 7) is 4.26. The van der Waals surface area contributed by atoms with Gasteiger partial charge in [-0.1, -0.05) is 54.1 Å². The number of aryl methyl sites for hydroxylation is 2. The Morgan fingerprint density at radius 3 is 2.70 bits per heavy atom. The van der Waals surface area contributed by atoms with Crippen LogP contribution in [0.3, 0.4) is 0 Å². The fourth-order valence-corrected chi connectivity index (χ4v) is 3.02. The van der Waals surface area contributed by atoms with Crippen molar-refractivity contribution in [3.63, 3.8) is 0 Å². The van der Waals surface area contributed by atoms with Crippen LogP contribution in [0, 0.1) is 13.8 Å². The monoisotopic (exact) mass is 302 g/mol. The van der Waals surface area contributed by atoms with Crippen molar-refractivity contribution >= 4 is 11.6 Å². The normalized spacial score (nSPS) is 16.4. The first-order valence-corrected chi connectivity index (χ1v) is 7.73. The van der Waals surface area contributed by atoms with E-state index in [0.29, 0.717) is 0 Å². The van der Waals surface area contributed by atoms with Crippen molar-refractivity contribution in [3.8, 4) is 0 Å². The number of fused-ring (bicyclic) bond motifs is 1. The Morgan fingerprint density at radius 2 is 1.87 bits per heavy atom. The van der Waals surface area contributed by atoms with Crippen molar-refractivity contribution in [2.75, 3.05) is 5.32 Å². The SMILES string of the molecule is Cc1ccc(C)c([C@@H]2C=C(c3ccccc3)Nc3ncnn32)c1. The first-order valence-electron chi connectivity index (χ1n) is 7.73. The number of hydrogen-bond acceptors (Lipinski definition) is 3. The Bertz CT molecular complexity index is 877. The average molecular weight is 302 g/mol. The second kappa shape index (κ2) is 5.39. The van der Waals surface area contributed by atoms with Crippen molar-refractivity contribution < 1.29 is 0 Å². The van der Waals surface area contributed by atoms with Gasteiger partial charge < -0.3 is 5.32 Å². The van der Waals surface area contributed by atoms with E-state index in [1.54, 1.807) is 6.33 Å². The Hall–Kier alpha value is -2.88. The molecule has 114 valence electrons. The van der Waals surface area contributed by atoms with Gasteiger partial charge in [0.05, 0.1) is 0 Å². The Labute approximate surface area is 135 Å². The first-order chi connectivity index (χ1) is 11.2. The van der Waals surface area contributed by atoms with E-state index in [9.17, 15) is 0 Å². The van der Waals surface area contributed by atoms with E-state index in [-0.39, 0.29) is 6.04 Å². The molecule has 0 fully saturated rings. The molecular weight excluding hydrogens is 284 g/mol. The van der Waals surface area contributed by atoms with Crippen molar-refractivity contribution in [1.82, 2.24) is 14.8 Å². The van der Waals surface area contributed by atoms with Crippen molar-refractivity contribution in [1.29, 1.82) is 0 Å². The topological polar surface area (TPSA) is 42.7 Å². The van der Waals surface area contributed by atoms with Gasteiger partial charge in [-0.2, -0.15) is 10.1 Å². The lowest BCUT2D eigenvalue weighted by Gasteiger charge is -2.25.